The Morgan fingerprint density at radius 1 is 1.40 bits per heavy atom. The predicted octanol–water partition coefficient (Wildman–Crippen LogP) is 2.15. The lowest BCUT2D eigenvalue weighted by Gasteiger charge is -2.26. The lowest BCUT2D eigenvalue weighted by atomic mass is 10.2. The molecule has 1 atom stereocenters. The van der Waals surface area contributed by atoms with Crippen molar-refractivity contribution in [3.05, 3.63) is 40.6 Å². The topological polar surface area (TPSA) is 59.4 Å². The fourth-order valence-corrected chi connectivity index (χ4v) is 3.48. The van der Waals surface area contributed by atoms with Gasteiger partial charge in [-0.1, -0.05) is 6.07 Å². The number of rotatable bonds is 4. The summed E-state index contributed by atoms with van der Waals surface area (Å²) in [7, 11) is 0. The first-order valence-corrected chi connectivity index (χ1v) is 7.81. The molecule has 0 radical (unpaired) electrons. The van der Waals surface area contributed by atoms with Crippen LogP contribution in [0.5, 0.6) is 0 Å². The standard InChI is InChI=1S/C14H17N5S/c15-14-17-7-13(18(14)8-11-2-1-5-20-11)12-6-16-9-19(12)10-3-4-10/h1-2,5-6,9-10,13H,3-4,7-8H2,(H2,15,17). The van der Waals surface area contributed by atoms with Crippen molar-refractivity contribution >= 4 is 17.3 Å². The molecule has 0 amide bonds. The molecule has 0 aromatic carbocycles. The van der Waals surface area contributed by atoms with Gasteiger partial charge in [0.25, 0.3) is 0 Å². The van der Waals surface area contributed by atoms with Gasteiger partial charge in [0.2, 0.25) is 0 Å². The Morgan fingerprint density at radius 3 is 3.05 bits per heavy atom. The van der Waals surface area contributed by atoms with Crippen molar-refractivity contribution in [1.29, 1.82) is 0 Å². The minimum absolute atomic E-state index is 0.222. The van der Waals surface area contributed by atoms with Crippen LogP contribution in [0.4, 0.5) is 0 Å². The SMILES string of the molecule is NC1=NCC(c2cncn2C2CC2)N1Cc1cccs1. The third kappa shape index (κ3) is 2.00. The summed E-state index contributed by atoms with van der Waals surface area (Å²) in [6.45, 7) is 1.56. The van der Waals surface area contributed by atoms with Crippen molar-refractivity contribution in [1.82, 2.24) is 14.5 Å². The number of aromatic nitrogens is 2. The van der Waals surface area contributed by atoms with Crippen LogP contribution in [0.15, 0.2) is 35.0 Å². The van der Waals surface area contributed by atoms with E-state index in [0.717, 1.165) is 13.1 Å². The maximum atomic E-state index is 6.08. The highest BCUT2D eigenvalue weighted by Crippen LogP contribution is 2.38. The van der Waals surface area contributed by atoms with E-state index in [2.05, 4.69) is 37.0 Å². The second-order valence-electron chi connectivity index (χ2n) is 5.38. The first-order chi connectivity index (χ1) is 9.83. The number of guanidine groups is 1. The lowest BCUT2D eigenvalue weighted by molar-refractivity contribution is 0.328. The van der Waals surface area contributed by atoms with Gasteiger partial charge in [-0.05, 0) is 24.3 Å². The van der Waals surface area contributed by atoms with Crippen molar-refractivity contribution in [3.63, 3.8) is 0 Å². The van der Waals surface area contributed by atoms with E-state index in [0.29, 0.717) is 12.0 Å². The highest BCUT2D eigenvalue weighted by Gasteiger charge is 2.33. The molecular weight excluding hydrogens is 270 g/mol. The van der Waals surface area contributed by atoms with Gasteiger partial charge in [0.1, 0.15) is 0 Å². The monoisotopic (exact) mass is 287 g/mol. The third-order valence-corrected chi connectivity index (χ3v) is 4.84. The van der Waals surface area contributed by atoms with Crippen LogP contribution in [0.1, 0.15) is 35.5 Å². The Kier molecular flexibility index (Phi) is 2.77. The van der Waals surface area contributed by atoms with E-state index < -0.39 is 0 Å². The predicted molar refractivity (Wildman–Crippen MR) is 79.6 cm³/mol. The second kappa shape index (κ2) is 4.63. The molecule has 20 heavy (non-hydrogen) atoms. The molecule has 2 aliphatic rings. The number of aliphatic imine (C=N–C) groups is 1. The van der Waals surface area contributed by atoms with Crippen LogP contribution in [-0.4, -0.2) is 27.0 Å². The molecule has 2 N–H and O–H groups in total. The van der Waals surface area contributed by atoms with Gasteiger partial charge < -0.3 is 15.2 Å². The van der Waals surface area contributed by atoms with Crippen molar-refractivity contribution in [3.8, 4) is 0 Å². The van der Waals surface area contributed by atoms with Crippen LogP contribution in [-0.2, 0) is 6.54 Å². The fourth-order valence-electron chi connectivity index (χ4n) is 2.77. The van der Waals surface area contributed by atoms with E-state index in [9.17, 15) is 0 Å². The normalized spacial score (nSPS) is 22.3. The minimum Gasteiger partial charge on any atom is -0.370 e. The smallest absolute Gasteiger partial charge is 0.192 e. The second-order valence-corrected chi connectivity index (χ2v) is 6.41. The van der Waals surface area contributed by atoms with E-state index in [4.69, 9.17) is 5.73 Å². The summed E-state index contributed by atoms with van der Waals surface area (Å²) in [6.07, 6.45) is 6.44. The fraction of sp³-hybridized carbons (Fsp3) is 0.429. The van der Waals surface area contributed by atoms with Crippen molar-refractivity contribution in [2.45, 2.75) is 31.5 Å². The Bertz CT molecular complexity index is 626. The molecule has 4 rings (SSSR count). The summed E-state index contributed by atoms with van der Waals surface area (Å²) >= 11 is 1.76. The molecule has 2 aromatic heterocycles. The van der Waals surface area contributed by atoms with Gasteiger partial charge in [0, 0.05) is 10.9 Å². The molecule has 1 aliphatic carbocycles. The van der Waals surface area contributed by atoms with Gasteiger partial charge in [-0.25, -0.2) is 4.98 Å². The van der Waals surface area contributed by atoms with Gasteiger partial charge in [0.05, 0.1) is 37.3 Å². The van der Waals surface area contributed by atoms with E-state index in [1.165, 1.54) is 23.4 Å². The Balaban J connectivity index is 1.61. The van der Waals surface area contributed by atoms with Crippen LogP contribution in [0.2, 0.25) is 0 Å². The van der Waals surface area contributed by atoms with E-state index in [-0.39, 0.29) is 6.04 Å². The lowest BCUT2D eigenvalue weighted by Crippen LogP contribution is -2.36. The summed E-state index contributed by atoms with van der Waals surface area (Å²) in [4.78, 5) is 12.3. The van der Waals surface area contributed by atoms with Crippen LogP contribution in [0.3, 0.4) is 0 Å². The first-order valence-electron chi connectivity index (χ1n) is 6.93. The maximum Gasteiger partial charge on any atom is 0.192 e. The third-order valence-electron chi connectivity index (χ3n) is 3.98. The van der Waals surface area contributed by atoms with Gasteiger partial charge in [-0.2, -0.15) is 0 Å². The van der Waals surface area contributed by atoms with Crippen LogP contribution in [0.25, 0.3) is 0 Å². The molecule has 0 bridgehead atoms. The zero-order valence-electron chi connectivity index (χ0n) is 11.1. The van der Waals surface area contributed by atoms with Crippen molar-refractivity contribution < 1.29 is 0 Å². The number of hydrogen-bond donors (Lipinski definition) is 1. The highest BCUT2D eigenvalue weighted by atomic mass is 32.1. The quantitative estimate of drug-likeness (QED) is 0.937. The molecule has 6 heteroatoms. The molecule has 1 fully saturated rings. The average molecular weight is 287 g/mol. The maximum absolute atomic E-state index is 6.08. The molecule has 1 aliphatic heterocycles. The zero-order valence-corrected chi connectivity index (χ0v) is 12.0. The van der Waals surface area contributed by atoms with Crippen LogP contribution >= 0.6 is 11.3 Å². The highest BCUT2D eigenvalue weighted by molar-refractivity contribution is 7.09. The number of nitrogens with zero attached hydrogens (tertiary/aromatic N) is 4. The van der Waals surface area contributed by atoms with E-state index in [1.54, 1.807) is 11.3 Å². The molecule has 1 unspecified atom stereocenters. The van der Waals surface area contributed by atoms with Crippen LogP contribution < -0.4 is 5.73 Å². The molecule has 0 saturated heterocycles. The van der Waals surface area contributed by atoms with Gasteiger partial charge >= 0.3 is 0 Å². The van der Waals surface area contributed by atoms with Crippen molar-refractivity contribution in [2.75, 3.05) is 6.54 Å². The van der Waals surface area contributed by atoms with E-state index >= 15 is 0 Å². The molecular formula is C14H17N5S. The number of thiophene rings is 1. The molecule has 5 nitrogen and oxygen atoms in total. The summed E-state index contributed by atoms with van der Waals surface area (Å²) in [5.74, 6) is 0.645. The largest absolute Gasteiger partial charge is 0.370 e. The van der Waals surface area contributed by atoms with Crippen LogP contribution in [0, 0.1) is 0 Å². The number of hydrogen-bond acceptors (Lipinski definition) is 5. The first kappa shape index (κ1) is 12.0. The Hall–Kier alpha value is -1.82. The Morgan fingerprint density at radius 2 is 2.30 bits per heavy atom. The van der Waals surface area contributed by atoms with Gasteiger partial charge in [-0.15, -0.1) is 11.3 Å². The molecule has 2 aromatic rings. The summed E-state index contributed by atoms with van der Waals surface area (Å²) in [6, 6.07) is 5.08. The average Bonchev–Trinajstić information content (AvgIpc) is 2.89. The summed E-state index contributed by atoms with van der Waals surface area (Å²) < 4.78 is 2.31. The molecule has 1 saturated carbocycles. The zero-order chi connectivity index (χ0) is 13.5. The molecule has 104 valence electrons. The minimum atomic E-state index is 0.222. The Labute approximate surface area is 121 Å². The molecule has 0 spiro atoms. The number of nitrogens with two attached hydrogens (primary N) is 1. The van der Waals surface area contributed by atoms with Crippen molar-refractivity contribution in [2.24, 2.45) is 10.7 Å². The van der Waals surface area contributed by atoms with E-state index in [1.807, 2.05) is 12.5 Å². The summed E-state index contributed by atoms with van der Waals surface area (Å²) in [5.41, 5.74) is 7.33. The summed E-state index contributed by atoms with van der Waals surface area (Å²) in [5, 5.41) is 2.10. The van der Waals surface area contributed by atoms with Gasteiger partial charge in [-0.3, -0.25) is 4.99 Å². The molecule has 3 heterocycles. The van der Waals surface area contributed by atoms with Gasteiger partial charge in [0.15, 0.2) is 5.96 Å². The number of imidazole rings is 1.